The van der Waals surface area contributed by atoms with E-state index in [1.807, 2.05) is 0 Å². The van der Waals surface area contributed by atoms with Crippen LogP contribution < -0.4 is 10.6 Å². The predicted octanol–water partition coefficient (Wildman–Crippen LogP) is 2.76. The number of hydrogen-bond acceptors (Lipinski definition) is 2. The minimum absolute atomic E-state index is 0.0280. The van der Waals surface area contributed by atoms with Gasteiger partial charge in [0.05, 0.1) is 0 Å². The second-order valence-electron chi connectivity index (χ2n) is 5.25. The molecule has 2 N–H and O–H groups in total. The molecule has 100 valence electrons. The molecule has 18 heavy (non-hydrogen) atoms. The monoisotopic (exact) mass is 254 g/mol. The normalized spacial score (nSPS) is 24.5. The molecule has 4 heteroatoms. The van der Waals surface area contributed by atoms with Crippen LogP contribution in [0.15, 0.2) is 18.2 Å². The van der Waals surface area contributed by atoms with Crippen LogP contribution in [0.25, 0.3) is 0 Å². The average Bonchev–Trinajstić information content (AvgIpc) is 2.27. The van der Waals surface area contributed by atoms with Crippen molar-refractivity contribution in [2.75, 3.05) is 6.54 Å². The van der Waals surface area contributed by atoms with Crippen molar-refractivity contribution in [3.63, 3.8) is 0 Å². The summed E-state index contributed by atoms with van der Waals surface area (Å²) < 4.78 is 26.4. The summed E-state index contributed by atoms with van der Waals surface area (Å²) in [7, 11) is 0. The van der Waals surface area contributed by atoms with Crippen molar-refractivity contribution in [1.29, 1.82) is 0 Å². The van der Waals surface area contributed by atoms with Gasteiger partial charge in [0.25, 0.3) is 0 Å². The molecule has 1 aliphatic rings. The van der Waals surface area contributed by atoms with Gasteiger partial charge in [-0.2, -0.15) is 0 Å². The molecular weight excluding hydrogens is 234 g/mol. The van der Waals surface area contributed by atoms with E-state index in [-0.39, 0.29) is 6.04 Å². The first-order chi connectivity index (χ1) is 8.54. The maximum absolute atomic E-state index is 13.2. The second-order valence-corrected chi connectivity index (χ2v) is 5.25. The Kier molecular flexibility index (Phi) is 4.30. The fourth-order valence-electron chi connectivity index (χ4n) is 2.57. The number of hydrogen-bond donors (Lipinski definition) is 2. The standard InChI is InChI=1S/C14H20F2N2/c1-9(2)18-13-3-4-17-14(8-13)10-5-11(15)7-12(16)6-10/h5-7,9,13-14,17-18H,3-4,8H2,1-2H3/t13-,14+/m1/s1. The van der Waals surface area contributed by atoms with E-state index in [0.29, 0.717) is 17.6 Å². The molecule has 2 nitrogen and oxygen atoms in total. The summed E-state index contributed by atoms with van der Waals surface area (Å²) in [5, 5.41) is 6.80. The molecule has 0 saturated carbocycles. The van der Waals surface area contributed by atoms with Crippen molar-refractivity contribution < 1.29 is 8.78 Å². The zero-order valence-corrected chi connectivity index (χ0v) is 10.8. The van der Waals surface area contributed by atoms with Gasteiger partial charge in [0, 0.05) is 24.2 Å². The summed E-state index contributed by atoms with van der Waals surface area (Å²) >= 11 is 0. The number of rotatable bonds is 3. The summed E-state index contributed by atoms with van der Waals surface area (Å²) in [5.74, 6) is -1.02. The Hall–Kier alpha value is -1.00. The highest BCUT2D eigenvalue weighted by Gasteiger charge is 2.23. The minimum Gasteiger partial charge on any atom is -0.312 e. The second kappa shape index (κ2) is 5.76. The molecule has 0 aliphatic carbocycles. The van der Waals surface area contributed by atoms with E-state index in [1.54, 1.807) is 0 Å². The lowest BCUT2D eigenvalue weighted by atomic mass is 9.93. The zero-order valence-electron chi connectivity index (χ0n) is 10.8. The van der Waals surface area contributed by atoms with Crippen LogP contribution in [0.5, 0.6) is 0 Å². The van der Waals surface area contributed by atoms with Gasteiger partial charge in [0.1, 0.15) is 11.6 Å². The third-order valence-electron chi connectivity index (χ3n) is 3.26. The van der Waals surface area contributed by atoms with Gasteiger partial charge in [-0.3, -0.25) is 0 Å². The first-order valence-corrected chi connectivity index (χ1v) is 6.50. The van der Waals surface area contributed by atoms with Crippen LogP contribution >= 0.6 is 0 Å². The minimum atomic E-state index is -0.509. The van der Waals surface area contributed by atoms with Gasteiger partial charge < -0.3 is 10.6 Å². The number of piperidine rings is 1. The van der Waals surface area contributed by atoms with Gasteiger partial charge in [0.2, 0.25) is 0 Å². The molecule has 1 saturated heterocycles. The van der Waals surface area contributed by atoms with Crippen molar-refractivity contribution in [3.05, 3.63) is 35.4 Å². The molecule has 1 aliphatic heterocycles. The lowest BCUT2D eigenvalue weighted by Crippen LogP contribution is -2.44. The molecule has 2 rings (SSSR count). The quantitative estimate of drug-likeness (QED) is 0.866. The average molecular weight is 254 g/mol. The Labute approximate surface area is 107 Å². The Morgan fingerprint density at radius 3 is 2.50 bits per heavy atom. The number of halogens is 2. The van der Waals surface area contributed by atoms with E-state index in [2.05, 4.69) is 24.5 Å². The largest absolute Gasteiger partial charge is 0.312 e. The van der Waals surface area contributed by atoms with E-state index in [9.17, 15) is 8.78 Å². The van der Waals surface area contributed by atoms with Crippen LogP contribution in [0.2, 0.25) is 0 Å². The summed E-state index contributed by atoms with van der Waals surface area (Å²) in [5.41, 5.74) is 0.697. The Morgan fingerprint density at radius 1 is 1.22 bits per heavy atom. The number of nitrogens with one attached hydrogen (secondary N) is 2. The maximum atomic E-state index is 13.2. The van der Waals surface area contributed by atoms with Crippen molar-refractivity contribution in [3.8, 4) is 0 Å². The third kappa shape index (κ3) is 3.50. The van der Waals surface area contributed by atoms with Crippen LogP contribution in [0.3, 0.4) is 0 Å². The lowest BCUT2D eigenvalue weighted by Gasteiger charge is -2.32. The first kappa shape index (κ1) is 13.4. The molecule has 0 spiro atoms. The summed E-state index contributed by atoms with van der Waals surface area (Å²) in [4.78, 5) is 0. The van der Waals surface area contributed by atoms with Gasteiger partial charge in [-0.05, 0) is 37.1 Å². The molecule has 0 bridgehead atoms. The van der Waals surface area contributed by atoms with Crippen LogP contribution in [0.1, 0.15) is 38.3 Å². The molecule has 2 atom stereocenters. The van der Waals surface area contributed by atoms with Crippen LogP contribution in [-0.2, 0) is 0 Å². The molecule has 1 aromatic carbocycles. The van der Waals surface area contributed by atoms with E-state index in [0.717, 1.165) is 25.5 Å². The van der Waals surface area contributed by atoms with E-state index in [1.165, 1.54) is 12.1 Å². The molecule has 0 unspecified atom stereocenters. The molecule has 0 radical (unpaired) electrons. The summed E-state index contributed by atoms with van der Waals surface area (Å²) in [6.07, 6.45) is 1.91. The van der Waals surface area contributed by atoms with Crippen molar-refractivity contribution in [1.82, 2.24) is 10.6 Å². The Bertz CT molecular complexity index is 387. The van der Waals surface area contributed by atoms with Crippen LogP contribution in [0, 0.1) is 11.6 Å². The van der Waals surface area contributed by atoms with Gasteiger partial charge in [-0.1, -0.05) is 13.8 Å². The topological polar surface area (TPSA) is 24.1 Å². The Morgan fingerprint density at radius 2 is 1.89 bits per heavy atom. The highest BCUT2D eigenvalue weighted by atomic mass is 19.1. The third-order valence-corrected chi connectivity index (χ3v) is 3.26. The fourth-order valence-corrected chi connectivity index (χ4v) is 2.57. The summed E-state index contributed by atoms with van der Waals surface area (Å²) in [6, 6.07) is 4.61. The predicted molar refractivity (Wildman–Crippen MR) is 68.4 cm³/mol. The summed E-state index contributed by atoms with van der Waals surface area (Å²) in [6.45, 7) is 5.09. The van der Waals surface area contributed by atoms with Gasteiger partial charge in [-0.25, -0.2) is 8.78 Å². The molecular formula is C14H20F2N2. The Balaban J connectivity index is 2.08. The zero-order chi connectivity index (χ0) is 13.1. The van der Waals surface area contributed by atoms with E-state index < -0.39 is 11.6 Å². The maximum Gasteiger partial charge on any atom is 0.126 e. The molecule has 1 aromatic rings. The van der Waals surface area contributed by atoms with Crippen molar-refractivity contribution in [2.45, 2.75) is 44.8 Å². The van der Waals surface area contributed by atoms with Crippen molar-refractivity contribution in [2.24, 2.45) is 0 Å². The first-order valence-electron chi connectivity index (χ1n) is 6.50. The van der Waals surface area contributed by atoms with E-state index >= 15 is 0 Å². The number of benzene rings is 1. The highest BCUT2D eigenvalue weighted by Crippen LogP contribution is 2.24. The van der Waals surface area contributed by atoms with Crippen LogP contribution in [0.4, 0.5) is 8.78 Å². The van der Waals surface area contributed by atoms with Crippen LogP contribution in [-0.4, -0.2) is 18.6 Å². The molecule has 0 aromatic heterocycles. The van der Waals surface area contributed by atoms with Gasteiger partial charge >= 0.3 is 0 Å². The van der Waals surface area contributed by atoms with Crippen molar-refractivity contribution >= 4 is 0 Å². The fraction of sp³-hybridized carbons (Fsp3) is 0.571. The molecule has 1 heterocycles. The van der Waals surface area contributed by atoms with Gasteiger partial charge in [0.15, 0.2) is 0 Å². The van der Waals surface area contributed by atoms with Gasteiger partial charge in [-0.15, -0.1) is 0 Å². The molecule has 0 amide bonds. The smallest absolute Gasteiger partial charge is 0.126 e. The lowest BCUT2D eigenvalue weighted by molar-refractivity contribution is 0.308. The highest BCUT2D eigenvalue weighted by molar-refractivity contribution is 5.22. The SMILES string of the molecule is CC(C)N[C@@H]1CCN[C@H](c2cc(F)cc(F)c2)C1. The molecule has 1 fully saturated rings. The van der Waals surface area contributed by atoms with E-state index in [4.69, 9.17) is 0 Å².